The van der Waals surface area contributed by atoms with Gasteiger partial charge in [-0.3, -0.25) is 0 Å². The van der Waals surface area contributed by atoms with Crippen LogP contribution in [0.3, 0.4) is 0 Å². The number of aromatic nitrogens is 1. The highest BCUT2D eigenvalue weighted by atomic mass is 32.2. The molecule has 0 aliphatic heterocycles. The average Bonchev–Trinajstić information content (AvgIpc) is 2.87. The van der Waals surface area contributed by atoms with Crippen LogP contribution in [0.2, 0.25) is 0 Å². The third-order valence-corrected chi connectivity index (χ3v) is 4.68. The number of rotatable bonds is 3. The fraction of sp³-hybridized carbons (Fsp3) is 0.417. The highest BCUT2D eigenvalue weighted by molar-refractivity contribution is 7.89. The summed E-state index contributed by atoms with van der Waals surface area (Å²) in [4.78, 5) is 3.69. The van der Waals surface area contributed by atoms with Gasteiger partial charge in [-0.05, 0) is 25.0 Å². The topological polar surface area (TPSA) is 107 Å². The van der Waals surface area contributed by atoms with Crippen LogP contribution in [0.25, 0.3) is 0 Å². The molecule has 0 aromatic carbocycles. The summed E-state index contributed by atoms with van der Waals surface area (Å²) in [7, 11) is -3.78. The second kappa shape index (κ2) is 4.96. The summed E-state index contributed by atoms with van der Waals surface area (Å²) in [5, 5.41) is 17.8. The fourth-order valence-corrected chi connectivity index (χ4v) is 3.46. The lowest BCUT2D eigenvalue weighted by Crippen LogP contribution is -2.44. The second-order valence-corrected chi connectivity index (χ2v) is 6.18. The molecule has 6 nitrogen and oxygen atoms in total. The van der Waals surface area contributed by atoms with Crippen molar-refractivity contribution in [1.29, 1.82) is 10.5 Å². The Morgan fingerprint density at radius 2 is 1.95 bits per heavy atom. The molecule has 0 atom stereocenters. The molecule has 1 aliphatic carbocycles. The van der Waals surface area contributed by atoms with Gasteiger partial charge in [-0.25, -0.2) is 13.4 Å². The molecule has 1 N–H and O–H groups in total. The Balaban J connectivity index is 2.28. The summed E-state index contributed by atoms with van der Waals surface area (Å²) in [5.41, 5.74) is -0.859. The molecule has 1 saturated carbocycles. The van der Waals surface area contributed by atoms with Gasteiger partial charge in [-0.15, -0.1) is 0 Å². The number of nitriles is 2. The quantitative estimate of drug-likeness (QED) is 0.888. The summed E-state index contributed by atoms with van der Waals surface area (Å²) in [5.74, 6) is 0. The van der Waals surface area contributed by atoms with Crippen LogP contribution < -0.4 is 4.72 Å². The molecular weight excluding hydrogens is 264 g/mol. The minimum absolute atomic E-state index is 0.0342. The maximum Gasteiger partial charge on any atom is 0.243 e. The zero-order valence-corrected chi connectivity index (χ0v) is 10.9. The van der Waals surface area contributed by atoms with Crippen LogP contribution in [0.15, 0.2) is 23.2 Å². The molecule has 0 spiro atoms. The standard InChI is InChI=1S/C12H12N4O2S/c13-7-10-3-4-11(8-15-10)19(17,18)16-12(9-14)5-1-2-6-12/h3-4,8,16H,1-2,5-6H2. The van der Waals surface area contributed by atoms with Crippen LogP contribution in [-0.4, -0.2) is 18.9 Å². The Labute approximate surface area is 111 Å². The average molecular weight is 276 g/mol. The molecule has 0 bridgehead atoms. The van der Waals surface area contributed by atoms with E-state index in [1.807, 2.05) is 6.07 Å². The molecule has 1 aliphatic rings. The van der Waals surface area contributed by atoms with E-state index in [-0.39, 0.29) is 10.6 Å². The molecular formula is C12H12N4O2S. The van der Waals surface area contributed by atoms with Crippen molar-refractivity contribution in [2.45, 2.75) is 36.1 Å². The third kappa shape index (κ3) is 2.73. The summed E-state index contributed by atoms with van der Waals surface area (Å²) < 4.78 is 26.8. The first kappa shape index (κ1) is 13.5. The van der Waals surface area contributed by atoms with Gasteiger partial charge in [0.2, 0.25) is 10.0 Å². The maximum absolute atomic E-state index is 12.2. The molecule has 7 heteroatoms. The van der Waals surface area contributed by atoms with Crippen molar-refractivity contribution < 1.29 is 8.42 Å². The lowest BCUT2D eigenvalue weighted by molar-refractivity contribution is 0.485. The highest BCUT2D eigenvalue weighted by Crippen LogP contribution is 2.30. The van der Waals surface area contributed by atoms with Crippen molar-refractivity contribution in [3.8, 4) is 12.1 Å². The van der Waals surface area contributed by atoms with E-state index < -0.39 is 15.6 Å². The minimum atomic E-state index is -3.78. The van der Waals surface area contributed by atoms with Crippen molar-refractivity contribution in [3.05, 3.63) is 24.0 Å². The van der Waals surface area contributed by atoms with Gasteiger partial charge in [0.05, 0.1) is 6.07 Å². The molecule has 1 aromatic heterocycles. The number of hydrogen-bond acceptors (Lipinski definition) is 5. The van der Waals surface area contributed by atoms with Gasteiger partial charge in [0.25, 0.3) is 0 Å². The monoisotopic (exact) mass is 276 g/mol. The molecule has 0 radical (unpaired) electrons. The molecule has 1 heterocycles. The number of nitrogens with one attached hydrogen (secondary N) is 1. The molecule has 1 aromatic rings. The van der Waals surface area contributed by atoms with Gasteiger partial charge in [-0.2, -0.15) is 15.2 Å². The number of pyridine rings is 1. The van der Waals surface area contributed by atoms with Gasteiger partial charge in [0, 0.05) is 6.20 Å². The first-order chi connectivity index (χ1) is 9.01. The summed E-state index contributed by atoms with van der Waals surface area (Å²) >= 11 is 0. The Hall–Kier alpha value is -1.96. The van der Waals surface area contributed by atoms with Crippen LogP contribution in [0, 0.1) is 22.7 Å². The Bertz CT molecular complexity index is 646. The van der Waals surface area contributed by atoms with E-state index in [0.29, 0.717) is 12.8 Å². The van der Waals surface area contributed by atoms with Crippen molar-refractivity contribution in [2.24, 2.45) is 0 Å². The number of hydrogen-bond donors (Lipinski definition) is 1. The Kier molecular flexibility index (Phi) is 3.52. The van der Waals surface area contributed by atoms with E-state index in [1.165, 1.54) is 12.1 Å². The van der Waals surface area contributed by atoms with E-state index in [4.69, 9.17) is 5.26 Å². The first-order valence-corrected chi connectivity index (χ1v) is 7.31. The van der Waals surface area contributed by atoms with Crippen LogP contribution in [0.1, 0.15) is 31.4 Å². The van der Waals surface area contributed by atoms with Crippen molar-refractivity contribution >= 4 is 10.0 Å². The van der Waals surface area contributed by atoms with Crippen LogP contribution in [0.4, 0.5) is 0 Å². The molecule has 0 saturated heterocycles. The predicted molar refractivity (Wildman–Crippen MR) is 66.1 cm³/mol. The van der Waals surface area contributed by atoms with Crippen LogP contribution in [0.5, 0.6) is 0 Å². The van der Waals surface area contributed by atoms with Crippen LogP contribution in [-0.2, 0) is 10.0 Å². The smallest absolute Gasteiger partial charge is 0.243 e. The number of sulfonamides is 1. The van der Waals surface area contributed by atoms with Gasteiger partial charge < -0.3 is 0 Å². The van der Waals surface area contributed by atoms with Crippen molar-refractivity contribution in [1.82, 2.24) is 9.71 Å². The molecule has 2 rings (SSSR count). The largest absolute Gasteiger partial charge is 0.244 e. The van der Waals surface area contributed by atoms with Gasteiger partial charge in [0.1, 0.15) is 22.2 Å². The highest BCUT2D eigenvalue weighted by Gasteiger charge is 2.38. The predicted octanol–water partition coefficient (Wildman–Crippen LogP) is 1.07. The van der Waals surface area contributed by atoms with E-state index in [2.05, 4.69) is 15.8 Å². The minimum Gasteiger partial charge on any atom is -0.244 e. The fourth-order valence-electron chi connectivity index (χ4n) is 2.14. The van der Waals surface area contributed by atoms with Gasteiger partial charge >= 0.3 is 0 Å². The summed E-state index contributed by atoms with van der Waals surface area (Å²) in [6, 6.07) is 6.53. The second-order valence-electron chi connectivity index (χ2n) is 4.50. The van der Waals surface area contributed by atoms with Gasteiger partial charge in [0.15, 0.2) is 0 Å². The Morgan fingerprint density at radius 3 is 2.42 bits per heavy atom. The molecule has 19 heavy (non-hydrogen) atoms. The third-order valence-electron chi connectivity index (χ3n) is 3.16. The lowest BCUT2D eigenvalue weighted by Gasteiger charge is -2.21. The summed E-state index contributed by atoms with van der Waals surface area (Å²) in [6.45, 7) is 0. The molecule has 98 valence electrons. The summed E-state index contributed by atoms with van der Waals surface area (Å²) in [6.07, 6.45) is 3.84. The van der Waals surface area contributed by atoms with Crippen LogP contribution >= 0.6 is 0 Å². The normalized spacial score (nSPS) is 17.6. The lowest BCUT2D eigenvalue weighted by atomic mass is 10.0. The molecule has 0 unspecified atom stereocenters. The molecule has 0 amide bonds. The Morgan fingerprint density at radius 1 is 1.26 bits per heavy atom. The zero-order chi connectivity index (χ0) is 13.9. The first-order valence-electron chi connectivity index (χ1n) is 5.83. The number of nitrogens with zero attached hydrogens (tertiary/aromatic N) is 3. The molecule has 1 fully saturated rings. The van der Waals surface area contributed by atoms with Crippen molar-refractivity contribution in [3.63, 3.8) is 0 Å². The van der Waals surface area contributed by atoms with Crippen molar-refractivity contribution in [2.75, 3.05) is 0 Å². The van der Waals surface area contributed by atoms with E-state index in [0.717, 1.165) is 19.0 Å². The zero-order valence-electron chi connectivity index (χ0n) is 10.1. The van der Waals surface area contributed by atoms with E-state index in [9.17, 15) is 13.7 Å². The SMILES string of the molecule is N#Cc1ccc(S(=O)(=O)NC2(C#N)CCCC2)cn1. The van der Waals surface area contributed by atoms with Gasteiger partial charge in [-0.1, -0.05) is 12.8 Å². The van der Waals surface area contributed by atoms with E-state index >= 15 is 0 Å². The van der Waals surface area contributed by atoms with E-state index in [1.54, 1.807) is 0 Å². The maximum atomic E-state index is 12.2.